The molecule has 21 heavy (non-hydrogen) atoms. The van der Waals surface area contributed by atoms with Crippen molar-refractivity contribution in [2.45, 2.75) is 11.8 Å². The molecule has 0 spiro atoms. The Balaban J connectivity index is 1.97. The van der Waals surface area contributed by atoms with E-state index in [2.05, 4.69) is 27.9 Å². The van der Waals surface area contributed by atoms with Gasteiger partial charge in [0, 0.05) is 19.2 Å². The first-order valence-electron chi connectivity index (χ1n) is 6.09. The summed E-state index contributed by atoms with van der Waals surface area (Å²) < 4.78 is 1.14. The molecule has 0 saturated heterocycles. The maximum Gasteiger partial charge on any atom is 0.234 e. The molecule has 1 N–H and O–H groups in total. The summed E-state index contributed by atoms with van der Waals surface area (Å²) >= 11 is 15.6. The third-order valence-corrected chi connectivity index (χ3v) is 5.12. The quantitative estimate of drug-likeness (QED) is 0.481. The van der Waals surface area contributed by atoms with E-state index in [9.17, 15) is 4.79 Å². The van der Waals surface area contributed by atoms with Gasteiger partial charge in [-0.05, 0) is 71.5 Å². The number of carbonyl (C=O) groups excluding carboxylic acids is 1. The van der Waals surface area contributed by atoms with Crippen LogP contribution in [-0.4, -0.2) is 11.7 Å². The molecule has 0 aliphatic rings. The van der Waals surface area contributed by atoms with Crippen LogP contribution in [0.5, 0.6) is 0 Å². The van der Waals surface area contributed by atoms with E-state index < -0.39 is 0 Å². The summed E-state index contributed by atoms with van der Waals surface area (Å²) in [5.74, 6) is 0.214. The first-order valence-corrected chi connectivity index (χ1v) is 8.91. The standard InChI is InChI=1S/C15H12Cl2INOS/c1-9-6-11(18)3-5-13(9)19-15(20)8-21-14-7-10(16)2-4-12(14)17/h2-7H,8H2,1H3,(H,19,20). The summed E-state index contributed by atoms with van der Waals surface area (Å²) in [6.45, 7) is 1.97. The van der Waals surface area contributed by atoms with Crippen LogP contribution in [0.15, 0.2) is 41.3 Å². The van der Waals surface area contributed by atoms with Crippen LogP contribution in [0.3, 0.4) is 0 Å². The molecule has 2 nitrogen and oxygen atoms in total. The van der Waals surface area contributed by atoms with Gasteiger partial charge in [-0.25, -0.2) is 0 Å². The van der Waals surface area contributed by atoms with Crippen molar-refractivity contribution in [3.63, 3.8) is 0 Å². The molecule has 2 rings (SSSR count). The second kappa shape index (κ2) is 7.72. The highest BCUT2D eigenvalue weighted by Crippen LogP contribution is 2.30. The van der Waals surface area contributed by atoms with E-state index in [0.717, 1.165) is 19.7 Å². The van der Waals surface area contributed by atoms with E-state index in [1.165, 1.54) is 11.8 Å². The third kappa shape index (κ3) is 5.06. The van der Waals surface area contributed by atoms with Crippen LogP contribution in [-0.2, 0) is 4.79 Å². The molecule has 110 valence electrons. The molecule has 0 aliphatic heterocycles. The zero-order chi connectivity index (χ0) is 15.4. The molecule has 0 saturated carbocycles. The molecule has 0 fully saturated rings. The number of aryl methyl sites for hydroxylation is 1. The van der Waals surface area contributed by atoms with Gasteiger partial charge in [0.25, 0.3) is 0 Å². The van der Waals surface area contributed by atoms with Gasteiger partial charge in [0.05, 0.1) is 10.8 Å². The minimum absolute atomic E-state index is 0.0691. The molecular formula is C15H12Cl2INOS. The van der Waals surface area contributed by atoms with Gasteiger partial charge in [-0.3, -0.25) is 4.79 Å². The highest BCUT2D eigenvalue weighted by molar-refractivity contribution is 14.1. The van der Waals surface area contributed by atoms with Gasteiger partial charge >= 0.3 is 0 Å². The lowest BCUT2D eigenvalue weighted by molar-refractivity contribution is -0.113. The number of carbonyl (C=O) groups is 1. The lowest BCUT2D eigenvalue weighted by Gasteiger charge is -2.09. The van der Waals surface area contributed by atoms with E-state index in [4.69, 9.17) is 23.2 Å². The highest BCUT2D eigenvalue weighted by atomic mass is 127. The fourth-order valence-electron chi connectivity index (χ4n) is 1.68. The fourth-order valence-corrected chi connectivity index (χ4v) is 3.62. The molecule has 0 bridgehead atoms. The Labute approximate surface area is 151 Å². The molecule has 0 atom stereocenters. The zero-order valence-corrected chi connectivity index (χ0v) is 15.6. The first-order chi connectivity index (χ1) is 9.95. The minimum Gasteiger partial charge on any atom is -0.325 e. The second-order valence-corrected chi connectivity index (χ2v) is 7.48. The first kappa shape index (κ1) is 16.9. The van der Waals surface area contributed by atoms with Gasteiger partial charge in [0.2, 0.25) is 5.91 Å². The van der Waals surface area contributed by atoms with E-state index >= 15 is 0 Å². The maximum atomic E-state index is 12.0. The Morgan fingerprint density at radius 3 is 2.71 bits per heavy atom. The number of halogens is 3. The number of hydrogen-bond donors (Lipinski definition) is 1. The lowest BCUT2D eigenvalue weighted by Crippen LogP contribution is -2.14. The molecule has 0 radical (unpaired) electrons. The van der Waals surface area contributed by atoms with Gasteiger partial charge in [0.15, 0.2) is 0 Å². The topological polar surface area (TPSA) is 29.1 Å². The van der Waals surface area contributed by atoms with Gasteiger partial charge in [-0.2, -0.15) is 0 Å². The number of rotatable bonds is 4. The molecule has 6 heteroatoms. The van der Waals surface area contributed by atoms with Crippen LogP contribution < -0.4 is 5.32 Å². The average molecular weight is 452 g/mol. The highest BCUT2D eigenvalue weighted by Gasteiger charge is 2.08. The largest absolute Gasteiger partial charge is 0.325 e. The van der Waals surface area contributed by atoms with Gasteiger partial charge in [0.1, 0.15) is 0 Å². The predicted octanol–water partition coefficient (Wildman–Crippen LogP) is 5.64. The van der Waals surface area contributed by atoms with Crippen molar-refractivity contribution in [2.24, 2.45) is 0 Å². The van der Waals surface area contributed by atoms with Crippen LogP contribution in [0.25, 0.3) is 0 Å². The Bertz CT molecular complexity index is 679. The van der Waals surface area contributed by atoms with Crippen molar-refractivity contribution in [2.75, 3.05) is 11.1 Å². The van der Waals surface area contributed by atoms with Crippen molar-refractivity contribution < 1.29 is 4.79 Å². The molecule has 0 unspecified atom stereocenters. The Morgan fingerprint density at radius 1 is 1.24 bits per heavy atom. The van der Waals surface area contributed by atoms with Gasteiger partial charge in [-0.15, -0.1) is 11.8 Å². The van der Waals surface area contributed by atoms with Crippen molar-refractivity contribution >= 4 is 69.1 Å². The SMILES string of the molecule is Cc1cc(I)ccc1NC(=O)CSc1cc(Cl)ccc1Cl. The Kier molecular flexibility index (Phi) is 6.22. The molecule has 2 aromatic carbocycles. The molecule has 2 aromatic rings. The van der Waals surface area contributed by atoms with Crippen LogP contribution in [0, 0.1) is 10.5 Å². The summed E-state index contributed by atoms with van der Waals surface area (Å²) in [4.78, 5) is 12.8. The van der Waals surface area contributed by atoms with E-state index in [0.29, 0.717) is 10.0 Å². The maximum absolute atomic E-state index is 12.0. The Hall–Kier alpha value is -0.430. The average Bonchev–Trinajstić information content (AvgIpc) is 2.43. The number of benzene rings is 2. The molecule has 0 heterocycles. The van der Waals surface area contributed by atoms with Crippen LogP contribution >= 0.6 is 57.6 Å². The normalized spacial score (nSPS) is 10.5. The molecular weight excluding hydrogens is 440 g/mol. The van der Waals surface area contributed by atoms with Gasteiger partial charge in [-0.1, -0.05) is 23.2 Å². The molecule has 1 amide bonds. The van der Waals surface area contributed by atoms with Crippen molar-refractivity contribution in [1.82, 2.24) is 0 Å². The van der Waals surface area contributed by atoms with Crippen molar-refractivity contribution in [3.05, 3.63) is 55.6 Å². The zero-order valence-electron chi connectivity index (χ0n) is 11.1. The predicted molar refractivity (Wildman–Crippen MR) is 99.7 cm³/mol. The van der Waals surface area contributed by atoms with Gasteiger partial charge < -0.3 is 5.32 Å². The minimum atomic E-state index is -0.0691. The van der Waals surface area contributed by atoms with Crippen LogP contribution in [0.4, 0.5) is 5.69 Å². The third-order valence-electron chi connectivity index (χ3n) is 2.71. The van der Waals surface area contributed by atoms with Crippen LogP contribution in [0.1, 0.15) is 5.56 Å². The van der Waals surface area contributed by atoms with Crippen molar-refractivity contribution in [3.8, 4) is 0 Å². The van der Waals surface area contributed by atoms with E-state index in [-0.39, 0.29) is 11.7 Å². The van der Waals surface area contributed by atoms with E-state index in [1.807, 2.05) is 25.1 Å². The van der Waals surface area contributed by atoms with Crippen LogP contribution in [0.2, 0.25) is 10.0 Å². The van der Waals surface area contributed by atoms with E-state index in [1.54, 1.807) is 18.2 Å². The Morgan fingerprint density at radius 2 is 2.00 bits per heavy atom. The summed E-state index contributed by atoms with van der Waals surface area (Å²) in [5, 5.41) is 4.11. The fraction of sp³-hybridized carbons (Fsp3) is 0.133. The number of hydrogen-bond acceptors (Lipinski definition) is 2. The summed E-state index contributed by atoms with van der Waals surface area (Å²) in [6.07, 6.45) is 0. The second-order valence-electron chi connectivity index (χ2n) is 4.37. The summed E-state index contributed by atoms with van der Waals surface area (Å²) in [5.41, 5.74) is 1.87. The number of anilines is 1. The smallest absolute Gasteiger partial charge is 0.234 e. The monoisotopic (exact) mass is 451 g/mol. The van der Waals surface area contributed by atoms with Crippen molar-refractivity contribution in [1.29, 1.82) is 0 Å². The molecule has 0 aliphatic carbocycles. The lowest BCUT2D eigenvalue weighted by atomic mass is 10.2. The summed E-state index contributed by atoms with van der Waals surface area (Å²) in [6, 6.07) is 11.1. The number of thioether (sulfide) groups is 1. The number of amides is 1. The molecule has 0 aromatic heterocycles. The number of nitrogens with one attached hydrogen (secondary N) is 1. The summed E-state index contributed by atoms with van der Waals surface area (Å²) in [7, 11) is 0.